The SMILES string of the molecule is O=C1CN2C(=O)CCC2c2[nH]c3ccccc3c21. The molecule has 1 unspecified atom stereocenters. The molecule has 4 rings (SSSR count). The number of rotatable bonds is 0. The second-order valence-corrected chi connectivity index (χ2v) is 4.96. The second-order valence-electron chi connectivity index (χ2n) is 4.96. The van der Waals surface area contributed by atoms with Gasteiger partial charge in [-0.05, 0) is 12.5 Å². The molecule has 0 spiro atoms. The second kappa shape index (κ2) is 3.22. The Balaban J connectivity index is 2.01. The van der Waals surface area contributed by atoms with Crippen LogP contribution < -0.4 is 0 Å². The van der Waals surface area contributed by atoms with Crippen LogP contribution in [0, 0.1) is 0 Å². The van der Waals surface area contributed by atoms with E-state index in [1.807, 2.05) is 24.3 Å². The van der Waals surface area contributed by atoms with Crippen molar-refractivity contribution in [1.82, 2.24) is 9.88 Å². The average molecular weight is 240 g/mol. The molecule has 90 valence electrons. The van der Waals surface area contributed by atoms with Gasteiger partial charge < -0.3 is 9.88 Å². The fraction of sp³-hybridized carbons (Fsp3) is 0.286. The number of fused-ring (bicyclic) bond motifs is 5. The summed E-state index contributed by atoms with van der Waals surface area (Å²) in [6, 6.07) is 7.90. The van der Waals surface area contributed by atoms with Crippen LogP contribution in [0.3, 0.4) is 0 Å². The fourth-order valence-electron chi connectivity index (χ4n) is 3.18. The number of carbonyl (C=O) groups is 2. The predicted octanol–water partition coefficient (Wildman–Crippen LogP) is 2.03. The average Bonchev–Trinajstić information content (AvgIpc) is 2.91. The highest BCUT2D eigenvalue weighted by molar-refractivity contribution is 6.12. The Morgan fingerprint density at radius 2 is 2.06 bits per heavy atom. The Bertz CT molecular complexity index is 686. The van der Waals surface area contributed by atoms with Gasteiger partial charge in [-0.3, -0.25) is 9.59 Å². The van der Waals surface area contributed by atoms with E-state index in [4.69, 9.17) is 0 Å². The molecule has 2 aliphatic heterocycles. The summed E-state index contributed by atoms with van der Waals surface area (Å²) in [5.74, 6) is 0.145. The number of benzene rings is 1. The summed E-state index contributed by atoms with van der Waals surface area (Å²) in [6.07, 6.45) is 1.36. The Hall–Kier alpha value is -2.10. The molecular weight excluding hydrogens is 228 g/mol. The van der Waals surface area contributed by atoms with Crippen LogP contribution in [-0.4, -0.2) is 28.1 Å². The maximum atomic E-state index is 12.2. The van der Waals surface area contributed by atoms with Crippen molar-refractivity contribution in [1.29, 1.82) is 0 Å². The van der Waals surface area contributed by atoms with Crippen LogP contribution in [0.15, 0.2) is 24.3 Å². The van der Waals surface area contributed by atoms with Crippen molar-refractivity contribution in [3.05, 3.63) is 35.5 Å². The molecule has 4 heteroatoms. The van der Waals surface area contributed by atoms with E-state index in [2.05, 4.69) is 4.98 Å². The number of nitrogens with zero attached hydrogens (tertiary/aromatic N) is 1. The molecule has 1 saturated heterocycles. The van der Waals surface area contributed by atoms with Gasteiger partial charge >= 0.3 is 0 Å². The highest BCUT2D eigenvalue weighted by atomic mass is 16.2. The van der Waals surface area contributed by atoms with Gasteiger partial charge in [0.1, 0.15) is 0 Å². The van der Waals surface area contributed by atoms with Gasteiger partial charge in [0.05, 0.1) is 18.2 Å². The number of hydrogen-bond donors (Lipinski definition) is 1. The summed E-state index contributed by atoms with van der Waals surface area (Å²) < 4.78 is 0. The first-order chi connectivity index (χ1) is 8.75. The van der Waals surface area contributed by atoms with Crippen molar-refractivity contribution in [2.24, 2.45) is 0 Å². The molecule has 0 bridgehead atoms. The zero-order chi connectivity index (χ0) is 12.3. The van der Waals surface area contributed by atoms with Crippen molar-refractivity contribution < 1.29 is 9.59 Å². The number of carbonyl (C=O) groups excluding carboxylic acids is 2. The lowest BCUT2D eigenvalue weighted by molar-refractivity contribution is -0.128. The number of hydrogen-bond acceptors (Lipinski definition) is 2. The third-order valence-electron chi connectivity index (χ3n) is 3.99. The first-order valence-corrected chi connectivity index (χ1v) is 6.19. The number of H-pyrrole nitrogens is 1. The van der Waals surface area contributed by atoms with Gasteiger partial charge in [0.25, 0.3) is 0 Å². The minimum atomic E-state index is 0.0500. The lowest BCUT2D eigenvalue weighted by Gasteiger charge is -2.28. The van der Waals surface area contributed by atoms with Crippen LogP contribution >= 0.6 is 0 Å². The number of aromatic amines is 1. The molecule has 0 radical (unpaired) electrons. The standard InChI is InChI=1S/C14H12N2O2/c17-11-7-16-10(5-6-12(16)18)14-13(11)8-3-1-2-4-9(8)15-14/h1-4,10,15H,5-7H2. The fourth-order valence-corrected chi connectivity index (χ4v) is 3.18. The number of Topliss-reactive ketones (excluding diaryl/α,β-unsaturated/α-hetero) is 1. The molecule has 4 nitrogen and oxygen atoms in total. The summed E-state index contributed by atoms with van der Waals surface area (Å²) in [4.78, 5) is 29.0. The van der Waals surface area contributed by atoms with E-state index in [0.29, 0.717) is 6.42 Å². The zero-order valence-corrected chi connectivity index (χ0v) is 9.77. The van der Waals surface area contributed by atoms with Crippen molar-refractivity contribution in [2.75, 3.05) is 6.54 Å². The monoisotopic (exact) mass is 240 g/mol. The molecular formula is C14H12N2O2. The summed E-state index contributed by atoms with van der Waals surface area (Å²) in [5, 5.41) is 0.983. The number of para-hydroxylation sites is 1. The highest BCUT2D eigenvalue weighted by Crippen LogP contribution is 2.40. The minimum absolute atomic E-state index is 0.0500. The number of aromatic nitrogens is 1. The first kappa shape index (κ1) is 9.88. The van der Waals surface area contributed by atoms with Crippen LogP contribution in [0.1, 0.15) is 34.9 Å². The molecule has 1 amide bonds. The Kier molecular flexibility index (Phi) is 1.77. The molecule has 18 heavy (non-hydrogen) atoms. The van der Waals surface area contributed by atoms with Crippen LogP contribution in [-0.2, 0) is 4.79 Å². The van der Waals surface area contributed by atoms with E-state index in [1.54, 1.807) is 4.90 Å². The normalized spacial score (nSPS) is 22.4. The number of ketones is 1. The van der Waals surface area contributed by atoms with E-state index >= 15 is 0 Å². The van der Waals surface area contributed by atoms with Crippen molar-refractivity contribution in [2.45, 2.75) is 18.9 Å². The van der Waals surface area contributed by atoms with E-state index in [-0.39, 0.29) is 24.3 Å². The van der Waals surface area contributed by atoms with Gasteiger partial charge in [0, 0.05) is 23.0 Å². The Labute approximate surface area is 104 Å². The van der Waals surface area contributed by atoms with Crippen molar-refractivity contribution >= 4 is 22.6 Å². The lowest BCUT2D eigenvalue weighted by Crippen LogP contribution is -2.37. The third kappa shape index (κ3) is 1.10. The molecule has 2 aromatic rings. The van der Waals surface area contributed by atoms with Gasteiger partial charge in [-0.25, -0.2) is 0 Å². The molecule has 0 saturated carbocycles. The van der Waals surface area contributed by atoms with Crippen LogP contribution in [0.25, 0.3) is 10.9 Å². The lowest BCUT2D eigenvalue weighted by atomic mass is 9.97. The Morgan fingerprint density at radius 1 is 1.22 bits per heavy atom. The van der Waals surface area contributed by atoms with Crippen LogP contribution in [0.4, 0.5) is 0 Å². The molecule has 1 aromatic carbocycles. The molecule has 1 aromatic heterocycles. The maximum Gasteiger partial charge on any atom is 0.223 e. The quantitative estimate of drug-likeness (QED) is 0.766. The maximum absolute atomic E-state index is 12.2. The van der Waals surface area contributed by atoms with E-state index in [9.17, 15) is 9.59 Å². The van der Waals surface area contributed by atoms with Crippen molar-refractivity contribution in [3.8, 4) is 0 Å². The van der Waals surface area contributed by atoms with Gasteiger partial charge in [0.2, 0.25) is 5.91 Å². The van der Waals surface area contributed by atoms with E-state index in [1.165, 1.54) is 0 Å². The third-order valence-corrected chi connectivity index (χ3v) is 3.99. The molecule has 2 aliphatic rings. The molecule has 0 aliphatic carbocycles. The smallest absolute Gasteiger partial charge is 0.223 e. The van der Waals surface area contributed by atoms with Crippen LogP contribution in [0.2, 0.25) is 0 Å². The van der Waals surface area contributed by atoms with Crippen molar-refractivity contribution in [3.63, 3.8) is 0 Å². The first-order valence-electron chi connectivity index (χ1n) is 6.19. The van der Waals surface area contributed by atoms with Gasteiger partial charge in [-0.2, -0.15) is 0 Å². The summed E-state index contributed by atoms with van der Waals surface area (Å²) in [5.41, 5.74) is 2.71. The topological polar surface area (TPSA) is 53.2 Å². The summed E-state index contributed by atoms with van der Waals surface area (Å²) >= 11 is 0. The summed E-state index contributed by atoms with van der Waals surface area (Å²) in [6.45, 7) is 0.234. The predicted molar refractivity (Wildman–Crippen MR) is 66.3 cm³/mol. The molecule has 1 atom stereocenters. The van der Waals surface area contributed by atoms with E-state index in [0.717, 1.165) is 28.6 Å². The number of nitrogens with one attached hydrogen (secondary N) is 1. The van der Waals surface area contributed by atoms with Crippen LogP contribution in [0.5, 0.6) is 0 Å². The molecule has 1 N–H and O–H groups in total. The minimum Gasteiger partial charge on any atom is -0.356 e. The largest absolute Gasteiger partial charge is 0.356 e. The van der Waals surface area contributed by atoms with E-state index < -0.39 is 0 Å². The van der Waals surface area contributed by atoms with Gasteiger partial charge in [-0.1, -0.05) is 18.2 Å². The highest BCUT2D eigenvalue weighted by Gasteiger charge is 2.41. The van der Waals surface area contributed by atoms with Gasteiger partial charge in [-0.15, -0.1) is 0 Å². The molecule has 3 heterocycles. The Morgan fingerprint density at radius 3 is 2.94 bits per heavy atom. The summed E-state index contributed by atoms with van der Waals surface area (Å²) in [7, 11) is 0. The number of amides is 1. The zero-order valence-electron chi connectivity index (χ0n) is 9.77. The van der Waals surface area contributed by atoms with Gasteiger partial charge in [0.15, 0.2) is 5.78 Å². The molecule has 1 fully saturated rings.